The second-order valence-corrected chi connectivity index (χ2v) is 3.39. The standard InChI is InChI=1S/C6H10O3S/c1-4(7)6(2,10)3-5(8)9/h10H,3H2,1-2H3,(H,8,9). The molecule has 1 atom stereocenters. The summed E-state index contributed by atoms with van der Waals surface area (Å²) in [6.07, 6.45) is -0.231. The number of hydrogen-bond donors (Lipinski definition) is 2. The zero-order valence-electron chi connectivity index (χ0n) is 5.92. The summed E-state index contributed by atoms with van der Waals surface area (Å²) in [5.74, 6) is -1.23. The monoisotopic (exact) mass is 162 g/mol. The zero-order chi connectivity index (χ0) is 8.36. The van der Waals surface area contributed by atoms with E-state index in [2.05, 4.69) is 12.6 Å². The number of ketones is 1. The highest BCUT2D eigenvalue weighted by atomic mass is 32.1. The first-order valence-electron chi connectivity index (χ1n) is 2.81. The molecule has 0 spiro atoms. The first-order valence-corrected chi connectivity index (χ1v) is 3.26. The highest BCUT2D eigenvalue weighted by Crippen LogP contribution is 2.18. The van der Waals surface area contributed by atoms with Gasteiger partial charge in [-0.15, -0.1) is 0 Å². The Hall–Kier alpha value is -0.510. The molecular weight excluding hydrogens is 152 g/mol. The largest absolute Gasteiger partial charge is 0.481 e. The maximum absolute atomic E-state index is 10.7. The third kappa shape index (κ3) is 2.87. The average Bonchev–Trinajstić information content (AvgIpc) is 1.60. The Kier molecular flexibility index (Phi) is 2.90. The Morgan fingerprint density at radius 2 is 2.00 bits per heavy atom. The molecule has 0 aromatic heterocycles. The van der Waals surface area contributed by atoms with Crippen molar-refractivity contribution in [3.63, 3.8) is 0 Å². The maximum Gasteiger partial charge on any atom is 0.305 e. The molecule has 0 bridgehead atoms. The number of carboxylic acids is 1. The molecule has 0 aliphatic carbocycles. The van der Waals surface area contributed by atoms with Gasteiger partial charge in [0.25, 0.3) is 0 Å². The van der Waals surface area contributed by atoms with E-state index >= 15 is 0 Å². The summed E-state index contributed by atoms with van der Waals surface area (Å²) in [6.45, 7) is 2.82. The van der Waals surface area contributed by atoms with Gasteiger partial charge in [0.05, 0.1) is 11.2 Å². The second kappa shape index (κ2) is 3.05. The molecule has 0 saturated heterocycles. The summed E-state index contributed by atoms with van der Waals surface area (Å²) in [6, 6.07) is 0. The van der Waals surface area contributed by atoms with Gasteiger partial charge in [0.1, 0.15) is 5.78 Å². The van der Waals surface area contributed by atoms with Crippen LogP contribution in [0.15, 0.2) is 0 Å². The Bertz CT molecular complexity index is 162. The highest BCUT2D eigenvalue weighted by Gasteiger charge is 2.27. The van der Waals surface area contributed by atoms with E-state index in [0.717, 1.165) is 0 Å². The predicted molar refractivity (Wildman–Crippen MR) is 40.3 cm³/mol. The van der Waals surface area contributed by atoms with E-state index in [0.29, 0.717) is 0 Å². The molecule has 0 aliphatic rings. The lowest BCUT2D eigenvalue weighted by Crippen LogP contribution is -2.29. The smallest absolute Gasteiger partial charge is 0.305 e. The van der Waals surface area contributed by atoms with Crippen LogP contribution >= 0.6 is 12.6 Å². The number of Topliss-reactive ketones (excluding diaryl/α,β-unsaturated/α-hetero) is 1. The quantitative estimate of drug-likeness (QED) is 0.602. The van der Waals surface area contributed by atoms with Gasteiger partial charge in [0.2, 0.25) is 0 Å². The Balaban J connectivity index is 4.13. The van der Waals surface area contributed by atoms with Crippen molar-refractivity contribution in [2.24, 2.45) is 0 Å². The Morgan fingerprint density at radius 3 is 2.10 bits per heavy atom. The fraction of sp³-hybridized carbons (Fsp3) is 0.667. The third-order valence-electron chi connectivity index (χ3n) is 1.25. The lowest BCUT2D eigenvalue weighted by Gasteiger charge is -2.16. The Labute approximate surface area is 64.8 Å². The van der Waals surface area contributed by atoms with Gasteiger partial charge in [-0.1, -0.05) is 0 Å². The van der Waals surface area contributed by atoms with Crippen LogP contribution in [0.4, 0.5) is 0 Å². The topological polar surface area (TPSA) is 54.4 Å². The number of rotatable bonds is 3. The summed E-state index contributed by atoms with van der Waals surface area (Å²) in [5, 5.41) is 8.30. The molecular formula is C6H10O3S. The van der Waals surface area contributed by atoms with Gasteiger partial charge in [0, 0.05) is 0 Å². The van der Waals surface area contributed by atoms with E-state index in [1.807, 2.05) is 0 Å². The average molecular weight is 162 g/mol. The number of carboxylic acid groups (broad SMARTS) is 1. The van der Waals surface area contributed by atoms with E-state index in [1.165, 1.54) is 13.8 Å². The van der Waals surface area contributed by atoms with Gasteiger partial charge in [-0.2, -0.15) is 12.6 Å². The molecule has 3 nitrogen and oxygen atoms in total. The van der Waals surface area contributed by atoms with Crippen molar-refractivity contribution in [1.29, 1.82) is 0 Å². The summed E-state index contributed by atoms with van der Waals surface area (Å²) < 4.78 is -1.02. The van der Waals surface area contributed by atoms with Gasteiger partial charge in [-0.05, 0) is 13.8 Å². The van der Waals surface area contributed by atoms with E-state index in [-0.39, 0.29) is 12.2 Å². The maximum atomic E-state index is 10.7. The van der Waals surface area contributed by atoms with Crippen LogP contribution in [0.3, 0.4) is 0 Å². The molecule has 0 aromatic carbocycles. The van der Waals surface area contributed by atoms with Crippen LogP contribution < -0.4 is 0 Å². The van der Waals surface area contributed by atoms with Crippen LogP contribution in [-0.2, 0) is 9.59 Å². The van der Waals surface area contributed by atoms with E-state index in [4.69, 9.17) is 5.11 Å². The molecule has 1 unspecified atom stereocenters. The number of carbonyl (C=O) groups is 2. The van der Waals surface area contributed by atoms with Crippen LogP contribution in [0, 0.1) is 0 Å². The molecule has 0 saturated carbocycles. The van der Waals surface area contributed by atoms with Gasteiger partial charge in [-0.3, -0.25) is 9.59 Å². The van der Waals surface area contributed by atoms with Crippen LogP contribution in [0.25, 0.3) is 0 Å². The summed E-state index contributed by atoms with van der Waals surface area (Å²) in [7, 11) is 0. The minimum atomic E-state index is -1.02. The molecule has 0 fully saturated rings. The number of aliphatic carboxylic acids is 1. The fourth-order valence-electron chi connectivity index (χ4n) is 0.419. The number of thiol groups is 1. The van der Waals surface area contributed by atoms with Crippen molar-refractivity contribution >= 4 is 24.4 Å². The first kappa shape index (κ1) is 9.49. The van der Waals surface area contributed by atoms with Crippen molar-refractivity contribution in [2.45, 2.75) is 25.0 Å². The molecule has 58 valence electrons. The minimum Gasteiger partial charge on any atom is -0.481 e. The number of carbonyl (C=O) groups excluding carboxylic acids is 1. The van der Waals surface area contributed by atoms with E-state index in [9.17, 15) is 9.59 Å². The molecule has 0 aromatic rings. The van der Waals surface area contributed by atoms with Gasteiger partial charge < -0.3 is 5.11 Å². The molecule has 10 heavy (non-hydrogen) atoms. The highest BCUT2D eigenvalue weighted by molar-refractivity contribution is 7.82. The third-order valence-corrected chi connectivity index (χ3v) is 1.73. The summed E-state index contributed by atoms with van der Waals surface area (Å²) in [4.78, 5) is 20.8. The van der Waals surface area contributed by atoms with Gasteiger partial charge in [0.15, 0.2) is 0 Å². The Morgan fingerprint density at radius 1 is 1.60 bits per heavy atom. The van der Waals surface area contributed by atoms with Crippen molar-refractivity contribution in [1.82, 2.24) is 0 Å². The molecule has 1 N–H and O–H groups in total. The second-order valence-electron chi connectivity index (χ2n) is 2.40. The summed E-state index contributed by atoms with van der Waals surface area (Å²) >= 11 is 3.89. The molecule has 0 heterocycles. The zero-order valence-corrected chi connectivity index (χ0v) is 6.81. The fourth-order valence-corrected chi connectivity index (χ4v) is 0.554. The first-order chi connectivity index (χ1) is 4.36. The van der Waals surface area contributed by atoms with Crippen molar-refractivity contribution in [2.75, 3.05) is 0 Å². The molecule has 4 heteroatoms. The van der Waals surface area contributed by atoms with Crippen LogP contribution in [0.5, 0.6) is 0 Å². The molecule has 0 aliphatic heterocycles. The lowest BCUT2D eigenvalue weighted by atomic mass is 10.0. The predicted octanol–water partition coefficient (Wildman–Crippen LogP) is 0.739. The number of hydrogen-bond acceptors (Lipinski definition) is 3. The normalized spacial score (nSPS) is 15.9. The van der Waals surface area contributed by atoms with E-state index in [1.54, 1.807) is 0 Å². The van der Waals surface area contributed by atoms with Gasteiger partial charge >= 0.3 is 5.97 Å². The van der Waals surface area contributed by atoms with E-state index < -0.39 is 10.7 Å². The SMILES string of the molecule is CC(=O)C(C)(S)CC(=O)O. The minimum absolute atomic E-state index is 0.224. The lowest BCUT2D eigenvalue weighted by molar-refractivity contribution is -0.139. The molecule has 0 radical (unpaired) electrons. The van der Waals surface area contributed by atoms with Crippen molar-refractivity contribution < 1.29 is 14.7 Å². The van der Waals surface area contributed by atoms with Gasteiger partial charge in [-0.25, -0.2) is 0 Å². The molecule has 0 amide bonds. The summed E-state index contributed by atoms with van der Waals surface area (Å²) in [5.41, 5.74) is 0. The van der Waals surface area contributed by atoms with Crippen LogP contribution in [-0.4, -0.2) is 21.6 Å². The van der Waals surface area contributed by atoms with Crippen molar-refractivity contribution in [3.8, 4) is 0 Å². The molecule has 0 rings (SSSR count). The van der Waals surface area contributed by atoms with Crippen LogP contribution in [0.1, 0.15) is 20.3 Å². The van der Waals surface area contributed by atoms with Crippen LogP contribution in [0.2, 0.25) is 0 Å². The van der Waals surface area contributed by atoms with Crippen molar-refractivity contribution in [3.05, 3.63) is 0 Å².